The highest BCUT2D eigenvalue weighted by Gasteiger charge is 2.21. The first-order valence-electron chi connectivity index (χ1n) is 10.2. The Morgan fingerprint density at radius 1 is 1.10 bits per heavy atom. The molecule has 0 fully saturated rings. The van der Waals surface area contributed by atoms with Crippen molar-refractivity contribution in [3.05, 3.63) is 48.6 Å². The van der Waals surface area contributed by atoms with Crippen LogP contribution in [0.25, 0.3) is 0 Å². The number of carboxylic acid groups (broad SMARTS) is 1. The molecule has 1 aromatic rings. The molecule has 0 spiro atoms. The van der Waals surface area contributed by atoms with E-state index in [1.54, 1.807) is 0 Å². The van der Waals surface area contributed by atoms with Gasteiger partial charge in [0.15, 0.2) is 0 Å². The molecule has 0 unspecified atom stereocenters. The van der Waals surface area contributed by atoms with E-state index < -0.39 is 30.1 Å². The molecule has 0 saturated heterocycles. The number of carboxylic acids is 1. The number of alkyl carbamates (subject to hydrolysis) is 1. The maximum absolute atomic E-state index is 12.0. The van der Waals surface area contributed by atoms with Crippen LogP contribution in [0.2, 0.25) is 0 Å². The van der Waals surface area contributed by atoms with Gasteiger partial charge in [0, 0.05) is 6.54 Å². The molecule has 4 N–H and O–H groups in total. The molecule has 0 radical (unpaired) electrons. The van der Waals surface area contributed by atoms with E-state index in [-0.39, 0.29) is 19.6 Å². The smallest absolute Gasteiger partial charge is 0.407 e. The Labute approximate surface area is 177 Å². The SMILES string of the molecule is C=CCCCCCC[C@@H](NC(=O)C[C@H](O)CNC(=O)OCc1ccccc1)C(=O)O. The number of aliphatic hydroxyl groups excluding tert-OH is 1. The Morgan fingerprint density at radius 2 is 1.80 bits per heavy atom. The van der Waals surface area contributed by atoms with Gasteiger partial charge in [-0.1, -0.05) is 55.7 Å². The number of carbonyl (C=O) groups is 3. The lowest BCUT2D eigenvalue weighted by molar-refractivity contribution is -0.142. The fraction of sp³-hybridized carbons (Fsp3) is 0.500. The molecule has 30 heavy (non-hydrogen) atoms. The highest BCUT2D eigenvalue weighted by atomic mass is 16.5. The van der Waals surface area contributed by atoms with Crippen molar-refractivity contribution in [2.45, 2.75) is 63.7 Å². The fourth-order valence-electron chi connectivity index (χ4n) is 2.76. The fourth-order valence-corrected chi connectivity index (χ4v) is 2.76. The number of rotatable bonds is 15. The van der Waals surface area contributed by atoms with Gasteiger partial charge < -0.3 is 25.6 Å². The molecule has 1 aromatic carbocycles. The van der Waals surface area contributed by atoms with Gasteiger partial charge in [0.25, 0.3) is 0 Å². The van der Waals surface area contributed by atoms with Crippen molar-refractivity contribution in [2.75, 3.05) is 6.54 Å². The summed E-state index contributed by atoms with van der Waals surface area (Å²) in [6.45, 7) is 3.57. The summed E-state index contributed by atoms with van der Waals surface area (Å²) in [6.07, 6.45) is 4.50. The number of amides is 2. The van der Waals surface area contributed by atoms with Crippen molar-refractivity contribution < 1.29 is 29.3 Å². The maximum atomic E-state index is 12.0. The number of unbranched alkanes of at least 4 members (excludes halogenated alkanes) is 4. The van der Waals surface area contributed by atoms with E-state index in [1.165, 1.54) is 0 Å². The lowest BCUT2D eigenvalue weighted by Gasteiger charge is -2.16. The van der Waals surface area contributed by atoms with Gasteiger partial charge in [0.05, 0.1) is 12.5 Å². The summed E-state index contributed by atoms with van der Waals surface area (Å²) in [5.41, 5.74) is 0.827. The highest BCUT2D eigenvalue weighted by Crippen LogP contribution is 2.08. The van der Waals surface area contributed by atoms with Gasteiger partial charge in [-0.3, -0.25) is 4.79 Å². The number of ether oxygens (including phenoxy) is 1. The molecule has 2 amide bonds. The van der Waals surface area contributed by atoms with Crippen LogP contribution < -0.4 is 10.6 Å². The molecule has 0 aliphatic carbocycles. The van der Waals surface area contributed by atoms with Crippen LogP contribution in [-0.2, 0) is 20.9 Å². The average molecular weight is 421 g/mol. The van der Waals surface area contributed by atoms with Crippen molar-refractivity contribution in [1.82, 2.24) is 10.6 Å². The van der Waals surface area contributed by atoms with Crippen LogP contribution in [-0.4, -0.2) is 46.9 Å². The molecule has 0 heterocycles. The molecule has 1 rings (SSSR count). The first-order chi connectivity index (χ1) is 14.4. The minimum Gasteiger partial charge on any atom is -0.480 e. The average Bonchev–Trinajstić information content (AvgIpc) is 2.72. The van der Waals surface area contributed by atoms with Crippen molar-refractivity contribution in [1.29, 1.82) is 0 Å². The second-order valence-electron chi connectivity index (χ2n) is 7.04. The van der Waals surface area contributed by atoms with Gasteiger partial charge in [0.1, 0.15) is 12.6 Å². The minimum absolute atomic E-state index is 0.0944. The first-order valence-corrected chi connectivity index (χ1v) is 10.2. The van der Waals surface area contributed by atoms with E-state index in [0.29, 0.717) is 12.8 Å². The van der Waals surface area contributed by atoms with Crippen LogP contribution in [0.3, 0.4) is 0 Å². The molecule has 0 bridgehead atoms. The van der Waals surface area contributed by atoms with E-state index in [9.17, 15) is 24.6 Å². The normalized spacial score (nSPS) is 12.4. The summed E-state index contributed by atoms with van der Waals surface area (Å²) >= 11 is 0. The number of nitrogens with one attached hydrogen (secondary N) is 2. The number of hydrogen-bond donors (Lipinski definition) is 4. The monoisotopic (exact) mass is 420 g/mol. The Hall–Kier alpha value is -2.87. The van der Waals surface area contributed by atoms with E-state index in [0.717, 1.165) is 31.2 Å². The minimum atomic E-state index is -1.15. The lowest BCUT2D eigenvalue weighted by Crippen LogP contribution is -2.43. The zero-order chi connectivity index (χ0) is 22.2. The van der Waals surface area contributed by atoms with Crippen LogP contribution >= 0.6 is 0 Å². The summed E-state index contributed by atoms with van der Waals surface area (Å²) in [4.78, 5) is 35.0. The predicted octanol–water partition coefficient (Wildman–Crippen LogP) is 2.76. The van der Waals surface area contributed by atoms with Gasteiger partial charge in [-0.05, 0) is 24.8 Å². The van der Waals surface area contributed by atoms with Crippen LogP contribution in [0, 0.1) is 0 Å². The summed E-state index contributed by atoms with van der Waals surface area (Å²) in [7, 11) is 0. The Bertz CT molecular complexity index is 665. The topological polar surface area (TPSA) is 125 Å². The summed E-state index contributed by atoms with van der Waals surface area (Å²) in [6, 6.07) is 8.13. The van der Waals surface area contributed by atoms with Crippen molar-refractivity contribution in [2.24, 2.45) is 0 Å². The summed E-state index contributed by atoms with van der Waals surface area (Å²) in [5, 5.41) is 24.0. The molecule has 0 aliphatic heterocycles. The van der Waals surface area contributed by atoms with Gasteiger partial charge in [0.2, 0.25) is 5.91 Å². The van der Waals surface area contributed by atoms with Crippen LogP contribution in [0.15, 0.2) is 43.0 Å². The zero-order valence-electron chi connectivity index (χ0n) is 17.2. The standard InChI is InChI=1S/C22H32N2O6/c1-2-3-4-5-6-10-13-19(21(27)28)24-20(26)14-18(25)15-23-22(29)30-16-17-11-8-7-9-12-17/h2,7-9,11-12,18-19,25H,1,3-6,10,13-16H2,(H,23,29)(H,24,26)(H,27,28)/t18-,19+/m0/s1. The Morgan fingerprint density at radius 3 is 2.47 bits per heavy atom. The van der Waals surface area contributed by atoms with E-state index in [2.05, 4.69) is 17.2 Å². The van der Waals surface area contributed by atoms with Gasteiger partial charge >= 0.3 is 12.1 Å². The van der Waals surface area contributed by atoms with Gasteiger partial charge in [-0.2, -0.15) is 0 Å². The third-order valence-corrected chi connectivity index (χ3v) is 4.40. The van der Waals surface area contributed by atoms with Crippen molar-refractivity contribution in [3.63, 3.8) is 0 Å². The maximum Gasteiger partial charge on any atom is 0.407 e. The van der Waals surface area contributed by atoms with Crippen LogP contribution in [0.4, 0.5) is 4.79 Å². The first kappa shape index (κ1) is 25.2. The molecule has 166 valence electrons. The molecule has 0 aromatic heterocycles. The molecular weight excluding hydrogens is 388 g/mol. The highest BCUT2D eigenvalue weighted by molar-refractivity contribution is 5.83. The third-order valence-electron chi connectivity index (χ3n) is 4.40. The second kappa shape index (κ2) is 15.0. The van der Waals surface area contributed by atoms with Crippen molar-refractivity contribution >= 4 is 18.0 Å². The molecular formula is C22H32N2O6. The lowest BCUT2D eigenvalue weighted by atomic mass is 10.1. The van der Waals surface area contributed by atoms with E-state index in [4.69, 9.17) is 4.74 Å². The van der Waals surface area contributed by atoms with Gasteiger partial charge in [-0.25, -0.2) is 9.59 Å². The molecule has 0 saturated carbocycles. The number of carbonyl (C=O) groups excluding carboxylic acids is 2. The number of benzene rings is 1. The van der Waals surface area contributed by atoms with Crippen molar-refractivity contribution in [3.8, 4) is 0 Å². The largest absolute Gasteiger partial charge is 0.480 e. The molecule has 2 atom stereocenters. The van der Waals surface area contributed by atoms with E-state index >= 15 is 0 Å². The molecule has 0 aliphatic rings. The quantitative estimate of drug-likeness (QED) is 0.255. The van der Waals surface area contributed by atoms with Crippen LogP contribution in [0.5, 0.6) is 0 Å². The summed E-state index contributed by atoms with van der Waals surface area (Å²) in [5.74, 6) is -1.69. The number of hydrogen-bond acceptors (Lipinski definition) is 5. The zero-order valence-corrected chi connectivity index (χ0v) is 17.2. The number of allylic oxidation sites excluding steroid dienone is 1. The number of aliphatic carboxylic acids is 1. The van der Waals surface area contributed by atoms with Gasteiger partial charge in [-0.15, -0.1) is 6.58 Å². The third kappa shape index (κ3) is 11.9. The number of aliphatic hydroxyl groups is 1. The molecule has 8 nitrogen and oxygen atoms in total. The Balaban J connectivity index is 2.24. The predicted molar refractivity (Wildman–Crippen MR) is 113 cm³/mol. The molecule has 8 heteroatoms. The Kier molecular flexibility index (Phi) is 12.6. The van der Waals surface area contributed by atoms with E-state index in [1.807, 2.05) is 36.4 Å². The van der Waals surface area contributed by atoms with Crippen LogP contribution in [0.1, 0.15) is 50.5 Å². The second-order valence-corrected chi connectivity index (χ2v) is 7.04. The summed E-state index contributed by atoms with van der Waals surface area (Å²) < 4.78 is 5.01.